The van der Waals surface area contributed by atoms with Crippen molar-refractivity contribution in [3.63, 3.8) is 0 Å². The topological polar surface area (TPSA) is 108 Å². The van der Waals surface area contributed by atoms with Crippen molar-refractivity contribution >= 4 is 17.5 Å². The third-order valence-corrected chi connectivity index (χ3v) is 4.21. The number of methoxy groups -OCH3 is 1. The molecule has 7 nitrogen and oxygen atoms in total. The van der Waals surface area contributed by atoms with Crippen LogP contribution in [0.5, 0.6) is 5.75 Å². The molecule has 0 bridgehead atoms. The van der Waals surface area contributed by atoms with Crippen molar-refractivity contribution in [3.8, 4) is 11.8 Å². The SMILES string of the molecule is COc1ccc(C)cc1NC(=O)/C(C#N)=C\N1CCC(C(N)=O)CC1. The van der Waals surface area contributed by atoms with Crippen LogP contribution in [0.2, 0.25) is 0 Å². The van der Waals surface area contributed by atoms with E-state index >= 15 is 0 Å². The van der Waals surface area contributed by atoms with Gasteiger partial charge in [0.05, 0.1) is 12.8 Å². The number of carbonyl (C=O) groups excluding carboxylic acids is 2. The lowest BCUT2D eigenvalue weighted by molar-refractivity contribution is -0.123. The summed E-state index contributed by atoms with van der Waals surface area (Å²) >= 11 is 0. The number of amides is 2. The van der Waals surface area contributed by atoms with Gasteiger partial charge in [-0.3, -0.25) is 9.59 Å². The van der Waals surface area contributed by atoms with Crippen LogP contribution in [0.25, 0.3) is 0 Å². The molecule has 2 rings (SSSR count). The number of nitrogens with zero attached hydrogens (tertiary/aromatic N) is 2. The molecule has 1 saturated heterocycles. The molecular weight excluding hydrogens is 320 g/mol. The third kappa shape index (κ3) is 4.73. The van der Waals surface area contributed by atoms with Crippen molar-refractivity contribution < 1.29 is 14.3 Å². The smallest absolute Gasteiger partial charge is 0.267 e. The van der Waals surface area contributed by atoms with E-state index in [9.17, 15) is 14.9 Å². The maximum absolute atomic E-state index is 12.4. The number of primary amides is 1. The molecule has 0 spiro atoms. The fourth-order valence-electron chi connectivity index (χ4n) is 2.74. The Hall–Kier alpha value is -3.01. The molecule has 0 radical (unpaired) electrons. The van der Waals surface area contributed by atoms with E-state index in [-0.39, 0.29) is 17.4 Å². The summed E-state index contributed by atoms with van der Waals surface area (Å²) in [5, 5.41) is 12.0. The zero-order valence-corrected chi connectivity index (χ0v) is 14.4. The van der Waals surface area contributed by atoms with Gasteiger partial charge in [-0.2, -0.15) is 5.26 Å². The van der Waals surface area contributed by atoms with Crippen molar-refractivity contribution in [1.29, 1.82) is 5.26 Å². The zero-order chi connectivity index (χ0) is 18.4. The van der Waals surface area contributed by atoms with Crippen LogP contribution < -0.4 is 15.8 Å². The molecule has 1 aromatic carbocycles. The summed E-state index contributed by atoms with van der Waals surface area (Å²) < 4.78 is 5.23. The average Bonchev–Trinajstić information content (AvgIpc) is 2.60. The Labute approximate surface area is 147 Å². The highest BCUT2D eigenvalue weighted by atomic mass is 16.5. The normalized spacial score (nSPS) is 15.4. The number of hydrogen-bond acceptors (Lipinski definition) is 5. The maximum Gasteiger partial charge on any atom is 0.267 e. The van der Waals surface area contributed by atoms with Crippen LogP contribution in [-0.4, -0.2) is 36.9 Å². The molecule has 7 heteroatoms. The second-order valence-electron chi connectivity index (χ2n) is 6.03. The quantitative estimate of drug-likeness (QED) is 0.623. The first-order valence-electron chi connectivity index (χ1n) is 8.06. The molecule has 1 heterocycles. The number of aryl methyl sites for hydroxylation is 1. The minimum absolute atomic E-state index is 0.00100. The highest BCUT2D eigenvalue weighted by Gasteiger charge is 2.23. The minimum atomic E-state index is -0.497. The molecule has 2 amide bonds. The van der Waals surface area contributed by atoms with Gasteiger partial charge in [0.15, 0.2) is 0 Å². The van der Waals surface area contributed by atoms with Crippen molar-refractivity contribution in [2.75, 3.05) is 25.5 Å². The monoisotopic (exact) mass is 342 g/mol. The molecule has 1 aliphatic heterocycles. The Bertz CT molecular complexity index is 728. The molecule has 0 aromatic heterocycles. The summed E-state index contributed by atoms with van der Waals surface area (Å²) in [7, 11) is 1.52. The van der Waals surface area contributed by atoms with E-state index in [1.54, 1.807) is 12.1 Å². The van der Waals surface area contributed by atoms with E-state index in [2.05, 4.69) is 5.32 Å². The number of carbonyl (C=O) groups is 2. The molecule has 0 unspecified atom stereocenters. The lowest BCUT2D eigenvalue weighted by Crippen LogP contribution is -2.36. The maximum atomic E-state index is 12.4. The Kier molecular flexibility index (Phi) is 6.01. The first kappa shape index (κ1) is 18.3. The van der Waals surface area contributed by atoms with Gasteiger partial charge < -0.3 is 20.7 Å². The number of piperidine rings is 1. The van der Waals surface area contributed by atoms with Gasteiger partial charge in [0.25, 0.3) is 5.91 Å². The predicted molar refractivity (Wildman–Crippen MR) is 93.5 cm³/mol. The van der Waals surface area contributed by atoms with Gasteiger partial charge in [0.2, 0.25) is 5.91 Å². The number of benzene rings is 1. The molecule has 1 fully saturated rings. The zero-order valence-electron chi connectivity index (χ0n) is 14.4. The van der Waals surface area contributed by atoms with Crippen LogP contribution >= 0.6 is 0 Å². The van der Waals surface area contributed by atoms with Crippen molar-refractivity contribution in [3.05, 3.63) is 35.5 Å². The summed E-state index contributed by atoms with van der Waals surface area (Å²) in [5.41, 5.74) is 6.79. The van der Waals surface area contributed by atoms with Crippen LogP contribution in [-0.2, 0) is 9.59 Å². The Balaban J connectivity index is 2.08. The van der Waals surface area contributed by atoms with Gasteiger partial charge in [-0.25, -0.2) is 0 Å². The Morgan fingerprint density at radius 2 is 2.08 bits per heavy atom. The van der Waals surface area contributed by atoms with Crippen molar-refractivity contribution in [1.82, 2.24) is 4.90 Å². The van der Waals surface area contributed by atoms with Gasteiger partial charge in [0, 0.05) is 25.2 Å². The number of nitrogens with one attached hydrogen (secondary N) is 1. The van der Waals surface area contributed by atoms with E-state index in [0.717, 1.165) is 5.56 Å². The lowest BCUT2D eigenvalue weighted by atomic mass is 9.96. The Morgan fingerprint density at radius 1 is 1.40 bits per heavy atom. The summed E-state index contributed by atoms with van der Waals surface area (Å²) in [5.74, 6) is -0.407. The predicted octanol–water partition coefficient (Wildman–Crippen LogP) is 1.55. The number of likely N-dealkylation sites (tertiary alicyclic amines) is 1. The summed E-state index contributed by atoms with van der Waals surface area (Å²) in [4.78, 5) is 25.5. The third-order valence-electron chi connectivity index (χ3n) is 4.21. The number of hydrogen-bond donors (Lipinski definition) is 2. The van der Waals surface area contributed by atoms with E-state index in [0.29, 0.717) is 37.4 Å². The minimum Gasteiger partial charge on any atom is -0.495 e. The van der Waals surface area contributed by atoms with Crippen molar-refractivity contribution in [2.45, 2.75) is 19.8 Å². The number of rotatable bonds is 5. The second-order valence-corrected chi connectivity index (χ2v) is 6.03. The first-order valence-corrected chi connectivity index (χ1v) is 8.06. The van der Waals surface area contributed by atoms with Crippen LogP contribution in [0.15, 0.2) is 30.0 Å². The number of nitrogens with two attached hydrogens (primary N) is 1. The average molecular weight is 342 g/mol. The van der Waals surface area contributed by atoms with E-state index in [4.69, 9.17) is 10.5 Å². The largest absolute Gasteiger partial charge is 0.495 e. The molecule has 132 valence electrons. The van der Waals surface area contributed by atoms with Crippen LogP contribution in [0.4, 0.5) is 5.69 Å². The van der Waals surface area contributed by atoms with Crippen LogP contribution in [0.3, 0.4) is 0 Å². The standard InChI is InChI=1S/C18H22N4O3/c1-12-3-4-16(25-2)15(9-12)21-18(24)14(10-19)11-22-7-5-13(6-8-22)17(20)23/h3-4,9,11,13H,5-8H2,1-2H3,(H2,20,23)(H,21,24)/b14-11-. The van der Waals surface area contributed by atoms with Crippen molar-refractivity contribution in [2.24, 2.45) is 11.7 Å². The molecule has 0 saturated carbocycles. The molecule has 1 aliphatic rings. The van der Waals surface area contributed by atoms with Gasteiger partial charge in [-0.1, -0.05) is 6.07 Å². The molecule has 3 N–H and O–H groups in total. The summed E-state index contributed by atoms with van der Waals surface area (Å²) in [6.07, 6.45) is 2.78. The highest BCUT2D eigenvalue weighted by molar-refractivity contribution is 6.07. The van der Waals surface area contributed by atoms with Crippen LogP contribution in [0, 0.1) is 24.2 Å². The number of ether oxygens (including phenoxy) is 1. The lowest BCUT2D eigenvalue weighted by Gasteiger charge is -2.29. The van der Waals surface area contributed by atoms with E-state index in [1.807, 2.05) is 24.0 Å². The van der Waals surface area contributed by atoms with E-state index < -0.39 is 5.91 Å². The van der Waals surface area contributed by atoms with Gasteiger partial charge in [-0.15, -0.1) is 0 Å². The van der Waals surface area contributed by atoms with Gasteiger partial charge in [0.1, 0.15) is 17.4 Å². The van der Waals surface area contributed by atoms with Gasteiger partial charge in [-0.05, 0) is 37.5 Å². The Morgan fingerprint density at radius 3 is 2.64 bits per heavy atom. The molecule has 1 aromatic rings. The molecule has 0 atom stereocenters. The van der Waals surface area contributed by atoms with Crippen LogP contribution in [0.1, 0.15) is 18.4 Å². The second kappa shape index (κ2) is 8.20. The molecule has 25 heavy (non-hydrogen) atoms. The molecular formula is C18H22N4O3. The number of anilines is 1. The molecule has 0 aliphatic carbocycles. The van der Waals surface area contributed by atoms with E-state index in [1.165, 1.54) is 13.3 Å². The summed E-state index contributed by atoms with van der Waals surface area (Å²) in [6, 6.07) is 7.34. The first-order chi connectivity index (χ1) is 11.9. The van der Waals surface area contributed by atoms with Gasteiger partial charge >= 0.3 is 0 Å². The fraction of sp³-hybridized carbons (Fsp3) is 0.389. The fourth-order valence-corrected chi connectivity index (χ4v) is 2.74. The highest BCUT2D eigenvalue weighted by Crippen LogP contribution is 2.26. The number of nitriles is 1. The summed E-state index contributed by atoms with van der Waals surface area (Å²) in [6.45, 7) is 3.07.